The maximum Gasteiger partial charge on any atom is 0.394 e. The van der Waals surface area contributed by atoms with Gasteiger partial charge in [0.15, 0.2) is 0 Å². The fourth-order valence-corrected chi connectivity index (χ4v) is 8.75. The molecule has 0 amide bonds. The van der Waals surface area contributed by atoms with Gasteiger partial charge in [0.25, 0.3) is 0 Å². The maximum absolute atomic E-state index is 12.3. The number of hydrogen-bond acceptors (Lipinski definition) is 0. The SMILES string of the molecule is CC(C)(C)C(C)(C)C.CC(C)(C)C(C)(C)C(F)(F)F.CC(C)C(C)(C)C(C)(C)C.CC(C)C(C)(C)C(C)C(F)(F)F.CC(C)[C@@H](C)C(C)(C)C.CC(C)[C@@H](C)C(C)C(F)(F)F.CC(C)[C@@H](C)C(C)C(F)(F)F.CC1(C)CCC(C)(C)CC1.CC1(C)CCCCC1.CCC(C)C(C)C(F)(F)F. The van der Waals surface area contributed by atoms with Gasteiger partial charge >= 0.3 is 30.9 Å². The molecule has 8 atom stereocenters. The highest BCUT2D eigenvalue weighted by Gasteiger charge is 2.54. The Balaban J connectivity index is -0.000000157. The van der Waals surface area contributed by atoms with Crippen molar-refractivity contribution >= 4 is 0 Å². The Hall–Kier alpha value is -1.05. The molecule has 0 aromatic rings. The van der Waals surface area contributed by atoms with E-state index in [9.17, 15) is 65.9 Å². The fraction of sp³-hybridized carbons (Fsp3) is 1.00. The highest BCUT2D eigenvalue weighted by atomic mass is 19.4. The zero-order chi connectivity index (χ0) is 83.6. The van der Waals surface area contributed by atoms with Crippen molar-refractivity contribution in [3.63, 3.8) is 0 Å². The fourth-order valence-electron chi connectivity index (χ4n) is 8.75. The molecule has 2 fully saturated rings. The molecular weight excluding hydrogens is 1310 g/mol. The van der Waals surface area contributed by atoms with Crippen molar-refractivity contribution in [2.75, 3.05) is 0 Å². The summed E-state index contributed by atoms with van der Waals surface area (Å²) in [7, 11) is 0. The van der Waals surface area contributed by atoms with Crippen LogP contribution in [0.4, 0.5) is 65.9 Å². The lowest BCUT2D eigenvalue weighted by Gasteiger charge is -2.42. The molecule has 0 N–H and O–H groups in total. The molecule has 0 heterocycles. The first-order valence-electron chi connectivity index (χ1n) is 38.3. The van der Waals surface area contributed by atoms with Crippen LogP contribution in [-0.2, 0) is 0 Å². The third-order valence-electron chi connectivity index (χ3n) is 25.6. The Kier molecular flexibility index (Phi) is 51.0. The summed E-state index contributed by atoms with van der Waals surface area (Å²) < 4.78 is 182. The Bertz CT molecular complexity index is 1920. The minimum Gasteiger partial charge on any atom is -0.171 e. The lowest BCUT2D eigenvalue weighted by atomic mass is 9.63. The molecule has 0 radical (unpaired) electrons. The van der Waals surface area contributed by atoms with Crippen LogP contribution in [0.2, 0.25) is 0 Å². The first-order valence-corrected chi connectivity index (χ1v) is 38.3. The van der Waals surface area contributed by atoms with Crippen molar-refractivity contribution in [2.24, 2.45) is 136 Å². The molecule has 2 aliphatic rings. The molecular formula is C85H171F15. The predicted octanol–water partition coefficient (Wildman–Crippen LogP) is 34.4. The molecule has 0 bridgehead atoms. The number of rotatable bonds is 10. The van der Waals surface area contributed by atoms with Gasteiger partial charge in [-0.25, -0.2) is 0 Å². The van der Waals surface area contributed by atoms with Crippen LogP contribution in [0.5, 0.6) is 0 Å². The van der Waals surface area contributed by atoms with E-state index >= 15 is 0 Å². The molecule has 0 aromatic carbocycles. The van der Waals surface area contributed by atoms with Gasteiger partial charge in [-0.1, -0.05) is 344 Å². The summed E-state index contributed by atoms with van der Waals surface area (Å²) in [6.07, 6.45) is -6.73. The second kappa shape index (κ2) is 44.4. The summed E-state index contributed by atoms with van der Waals surface area (Å²) in [6, 6.07) is 0. The van der Waals surface area contributed by atoms with Gasteiger partial charge in [0, 0.05) is 0 Å². The van der Waals surface area contributed by atoms with Crippen molar-refractivity contribution in [3.05, 3.63) is 0 Å². The standard InChI is InChI=1S/C10H20.C10H22.C9H17F3.C9H20.3C8H15F3.C8H16.C8H18.C7H13F3/c1-9(2)5-7-10(3,4)8-6-9;1-8(2)10(6,7)9(3,4)5;1-6(2)8(4,5)7(3)9(10,11)12;1-7(2)8(3)9(4,5)6;1-6(2,3)7(4,5)8(9,10)11;2*1-5(2)6(3)7(4)8(9,10)11;1-8(2)6-4-3-5-7-8;1-7(2,3)8(4,5)6;1-4-5(2)6(3)7(8,9)10/h5-8H2,1-4H3;8H,1-7H3;6-7H,1-5H3;7-8H,1-6H3;1-5H3;2*5-7H,1-4H3;3-7H2,1-2H3;1-6H3;5-6H,4H2,1-3H3/t;;;8-;;2*6-,7?;;;/m...1.11.../s1. The molecule has 0 saturated heterocycles. The minimum atomic E-state index is -4.12. The number of hydrogen-bond donors (Lipinski definition) is 0. The second-order valence-electron chi connectivity index (χ2n) is 41.3. The second-order valence-corrected chi connectivity index (χ2v) is 41.3. The smallest absolute Gasteiger partial charge is 0.171 e. The van der Waals surface area contributed by atoms with Crippen LogP contribution < -0.4 is 0 Å². The van der Waals surface area contributed by atoms with Crippen molar-refractivity contribution in [1.29, 1.82) is 0 Å². The van der Waals surface area contributed by atoms with Crippen molar-refractivity contribution in [2.45, 2.75) is 414 Å². The molecule has 15 heteroatoms. The Labute approximate surface area is 613 Å². The van der Waals surface area contributed by atoms with E-state index < -0.39 is 70.8 Å². The molecule has 0 spiro atoms. The average Bonchev–Trinajstić information content (AvgIpc) is 0.795. The maximum atomic E-state index is 12.3. The normalized spacial score (nSPS) is 18.9. The summed E-state index contributed by atoms with van der Waals surface area (Å²) in [4.78, 5) is 0. The average molecular weight is 1480 g/mol. The first kappa shape index (κ1) is 115. The van der Waals surface area contributed by atoms with Gasteiger partial charge in [0.1, 0.15) is 0 Å². The van der Waals surface area contributed by atoms with Crippen LogP contribution in [0.1, 0.15) is 383 Å². The van der Waals surface area contributed by atoms with Crippen molar-refractivity contribution < 1.29 is 65.9 Å². The summed E-state index contributed by atoms with van der Waals surface area (Å²) in [5, 5.41) is 0. The third kappa shape index (κ3) is 50.5. The molecule has 2 aliphatic carbocycles. The van der Waals surface area contributed by atoms with Crippen LogP contribution in [0, 0.1) is 136 Å². The zero-order valence-corrected chi connectivity index (χ0v) is 74.2. The number of halogens is 15. The number of alkyl halides is 15. The summed E-state index contributed by atoms with van der Waals surface area (Å²) >= 11 is 0. The van der Waals surface area contributed by atoms with E-state index in [2.05, 4.69) is 173 Å². The first-order chi connectivity index (χ1) is 42.9. The lowest BCUT2D eigenvalue weighted by Crippen LogP contribution is -2.43. The van der Waals surface area contributed by atoms with Crippen LogP contribution in [-0.4, -0.2) is 30.9 Å². The van der Waals surface area contributed by atoms with E-state index in [4.69, 9.17) is 0 Å². The Morgan fingerprint density at radius 1 is 0.290 bits per heavy atom. The van der Waals surface area contributed by atoms with Gasteiger partial charge in [-0.05, 0) is 146 Å². The topological polar surface area (TPSA) is 0 Å². The molecule has 616 valence electrons. The Morgan fingerprint density at radius 3 is 0.620 bits per heavy atom. The highest BCUT2D eigenvalue weighted by molar-refractivity contribution is 4.89. The van der Waals surface area contributed by atoms with E-state index in [0.29, 0.717) is 49.7 Å². The Morgan fingerprint density at radius 2 is 0.550 bits per heavy atom. The van der Waals surface area contributed by atoms with Gasteiger partial charge in [0.2, 0.25) is 0 Å². The van der Waals surface area contributed by atoms with Crippen molar-refractivity contribution in [3.8, 4) is 0 Å². The third-order valence-corrected chi connectivity index (χ3v) is 25.6. The van der Waals surface area contributed by atoms with E-state index in [1.807, 2.05) is 41.5 Å². The van der Waals surface area contributed by atoms with E-state index in [1.54, 1.807) is 62.3 Å². The zero-order valence-electron chi connectivity index (χ0n) is 74.2. The predicted molar refractivity (Wildman–Crippen MR) is 410 cm³/mol. The molecule has 2 rings (SSSR count). The van der Waals surface area contributed by atoms with Crippen LogP contribution in [0.3, 0.4) is 0 Å². The van der Waals surface area contributed by atoms with Crippen molar-refractivity contribution in [1.82, 2.24) is 0 Å². The largest absolute Gasteiger partial charge is 0.394 e. The van der Waals surface area contributed by atoms with E-state index in [1.165, 1.54) is 99.3 Å². The highest BCUT2D eigenvalue weighted by Crippen LogP contribution is 2.51. The minimum absolute atomic E-state index is 0.0362. The van der Waals surface area contributed by atoms with Gasteiger partial charge in [0.05, 0.1) is 29.1 Å². The van der Waals surface area contributed by atoms with Crippen LogP contribution in [0.15, 0.2) is 0 Å². The monoisotopic (exact) mass is 1480 g/mol. The molecule has 0 aromatic heterocycles. The summed E-state index contributed by atoms with van der Waals surface area (Å²) in [6.45, 7) is 91.1. The molecule has 5 unspecified atom stereocenters. The molecule has 100 heavy (non-hydrogen) atoms. The van der Waals surface area contributed by atoms with Crippen LogP contribution >= 0.6 is 0 Å². The van der Waals surface area contributed by atoms with E-state index in [0.717, 1.165) is 17.8 Å². The van der Waals surface area contributed by atoms with Gasteiger partial charge in [-0.2, -0.15) is 65.9 Å². The van der Waals surface area contributed by atoms with Gasteiger partial charge < -0.3 is 0 Å². The van der Waals surface area contributed by atoms with Crippen LogP contribution in [0.25, 0.3) is 0 Å². The quantitative estimate of drug-likeness (QED) is 0.191. The molecule has 0 nitrogen and oxygen atoms in total. The summed E-state index contributed by atoms with van der Waals surface area (Å²) in [5.41, 5.74) is 1.11. The van der Waals surface area contributed by atoms with E-state index in [-0.39, 0.29) is 35.5 Å². The van der Waals surface area contributed by atoms with Gasteiger partial charge in [-0.15, -0.1) is 0 Å². The van der Waals surface area contributed by atoms with Gasteiger partial charge in [-0.3, -0.25) is 0 Å². The molecule has 0 aliphatic heterocycles. The molecule has 2 saturated carbocycles. The summed E-state index contributed by atoms with van der Waals surface area (Å²) in [5.74, 6) is -3.06. The lowest BCUT2D eigenvalue weighted by molar-refractivity contribution is -0.243.